The van der Waals surface area contributed by atoms with Crippen molar-refractivity contribution >= 4 is 46.8 Å². The number of hydrogen-bond donors (Lipinski definition) is 2. The molecule has 158 valence electrons. The zero-order valence-corrected chi connectivity index (χ0v) is 18.5. The average Bonchev–Trinajstić information content (AvgIpc) is 2.75. The van der Waals surface area contributed by atoms with Crippen molar-refractivity contribution in [1.82, 2.24) is 5.43 Å². The van der Waals surface area contributed by atoms with E-state index in [-0.39, 0.29) is 11.3 Å². The Bertz CT molecular complexity index is 1130. The van der Waals surface area contributed by atoms with Crippen LogP contribution < -0.4 is 20.2 Å². The Morgan fingerprint density at radius 3 is 2.61 bits per heavy atom. The number of nitrogens with one attached hydrogen (secondary N) is 2. The maximum atomic E-state index is 12.4. The van der Waals surface area contributed by atoms with Crippen molar-refractivity contribution in [1.29, 1.82) is 0 Å². The fourth-order valence-corrected chi connectivity index (χ4v) is 3.06. The summed E-state index contributed by atoms with van der Waals surface area (Å²) in [7, 11) is 1.49. The van der Waals surface area contributed by atoms with Gasteiger partial charge < -0.3 is 14.8 Å². The van der Waals surface area contributed by atoms with Crippen molar-refractivity contribution in [2.75, 3.05) is 12.4 Å². The molecule has 31 heavy (non-hydrogen) atoms. The number of nitrogens with zero attached hydrogens (tertiary/aromatic N) is 1. The molecule has 6 nitrogen and oxygen atoms in total. The Kier molecular flexibility index (Phi) is 7.59. The van der Waals surface area contributed by atoms with Gasteiger partial charge >= 0.3 is 5.97 Å². The molecule has 0 bridgehead atoms. The van der Waals surface area contributed by atoms with Crippen LogP contribution in [0.5, 0.6) is 11.5 Å². The molecule has 8 heteroatoms. The first-order chi connectivity index (χ1) is 15.0. The van der Waals surface area contributed by atoms with E-state index < -0.39 is 5.97 Å². The van der Waals surface area contributed by atoms with Gasteiger partial charge in [0.1, 0.15) is 0 Å². The number of halogens is 1. The molecule has 0 aliphatic rings. The molecular formula is C23H20ClN3O3S. The van der Waals surface area contributed by atoms with Crippen molar-refractivity contribution in [3.05, 3.63) is 88.4 Å². The Labute approximate surface area is 190 Å². The summed E-state index contributed by atoms with van der Waals surface area (Å²) in [6.45, 7) is 2.00. The lowest BCUT2D eigenvalue weighted by Gasteiger charge is -2.10. The third-order valence-electron chi connectivity index (χ3n) is 4.14. The molecule has 0 aliphatic carbocycles. The van der Waals surface area contributed by atoms with Gasteiger partial charge in [-0.15, -0.1) is 0 Å². The molecule has 0 spiro atoms. The number of rotatable bonds is 6. The molecule has 0 amide bonds. The third kappa shape index (κ3) is 6.28. The molecule has 0 fully saturated rings. The first-order valence-corrected chi connectivity index (χ1v) is 10.1. The van der Waals surface area contributed by atoms with Gasteiger partial charge in [0.15, 0.2) is 16.6 Å². The number of benzene rings is 3. The van der Waals surface area contributed by atoms with Crippen LogP contribution in [0.3, 0.4) is 0 Å². The Morgan fingerprint density at radius 2 is 1.87 bits per heavy atom. The van der Waals surface area contributed by atoms with E-state index in [0.717, 1.165) is 16.8 Å². The van der Waals surface area contributed by atoms with Crippen molar-refractivity contribution in [2.24, 2.45) is 5.10 Å². The molecular weight excluding hydrogens is 434 g/mol. The highest BCUT2D eigenvalue weighted by atomic mass is 35.5. The van der Waals surface area contributed by atoms with Gasteiger partial charge in [0.2, 0.25) is 0 Å². The van der Waals surface area contributed by atoms with Crippen LogP contribution in [-0.4, -0.2) is 24.4 Å². The summed E-state index contributed by atoms with van der Waals surface area (Å²) in [6.07, 6.45) is 1.58. The van der Waals surface area contributed by atoms with Gasteiger partial charge in [0.25, 0.3) is 0 Å². The van der Waals surface area contributed by atoms with Crippen LogP contribution >= 0.6 is 23.8 Å². The van der Waals surface area contributed by atoms with E-state index in [0.29, 0.717) is 15.9 Å². The zero-order chi connectivity index (χ0) is 22.2. The number of ether oxygens (including phenoxy) is 2. The molecule has 3 aromatic carbocycles. The molecule has 0 saturated heterocycles. The fraction of sp³-hybridized carbons (Fsp3) is 0.0870. The van der Waals surface area contributed by atoms with Crippen molar-refractivity contribution in [2.45, 2.75) is 6.92 Å². The van der Waals surface area contributed by atoms with Gasteiger partial charge in [-0.25, -0.2) is 4.79 Å². The van der Waals surface area contributed by atoms with Crippen molar-refractivity contribution in [3.8, 4) is 11.5 Å². The van der Waals surface area contributed by atoms with Crippen LogP contribution in [0.15, 0.2) is 71.8 Å². The van der Waals surface area contributed by atoms with Crippen molar-refractivity contribution < 1.29 is 14.3 Å². The van der Waals surface area contributed by atoms with E-state index in [1.807, 2.05) is 31.2 Å². The predicted octanol–water partition coefficient (Wildman–Crippen LogP) is 5.20. The van der Waals surface area contributed by atoms with Gasteiger partial charge in [-0.1, -0.05) is 35.9 Å². The number of carbonyl (C=O) groups is 1. The normalized spacial score (nSPS) is 10.5. The standard InChI is InChI=1S/C23H20ClN3O3S/c1-15-6-5-7-17(12-15)26-23(31)27-25-14-16-10-11-20(21(13-16)29-2)30-22(28)18-8-3-4-9-19(18)24/h3-14H,1-2H3,(H2,26,27,31)/b25-14-. The molecule has 0 aliphatic heterocycles. The Balaban J connectivity index is 1.63. The summed E-state index contributed by atoms with van der Waals surface area (Å²) in [6, 6.07) is 19.6. The summed E-state index contributed by atoms with van der Waals surface area (Å²) in [5.74, 6) is 0.0820. The predicted molar refractivity (Wildman–Crippen MR) is 128 cm³/mol. The molecule has 0 atom stereocenters. The summed E-state index contributed by atoms with van der Waals surface area (Å²) in [4.78, 5) is 12.4. The van der Waals surface area contributed by atoms with Crippen LogP contribution in [-0.2, 0) is 0 Å². The number of aryl methyl sites for hydroxylation is 1. The molecule has 3 aromatic rings. The smallest absolute Gasteiger partial charge is 0.345 e. The lowest BCUT2D eigenvalue weighted by atomic mass is 10.2. The van der Waals surface area contributed by atoms with Crippen LogP contribution in [0, 0.1) is 6.92 Å². The number of hydrogen-bond acceptors (Lipinski definition) is 5. The van der Waals surface area contributed by atoms with Gasteiger partial charge in [0.05, 0.1) is 23.9 Å². The molecule has 2 N–H and O–H groups in total. The van der Waals surface area contributed by atoms with Gasteiger partial charge in [-0.05, 0) is 72.7 Å². The number of thiocarbonyl (C=S) groups is 1. The lowest BCUT2D eigenvalue weighted by molar-refractivity contribution is 0.0730. The molecule has 0 aromatic heterocycles. The molecule has 0 heterocycles. The number of methoxy groups -OCH3 is 1. The van der Waals surface area contributed by atoms with Crippen LogP contribution in [0.25, 0.3) is 0 Å². The fourth-order valence-electron chi connectivity index (χ4n) is 2.68. The van der Waals surface area contributed by atoms with Gasteiger partial charge in [-0.3, -0.25) is 5.43 Å². The van der Waals surface area contributed by atoms with E-state index >= 15 is 0 Å². The molecule has 3 rings (SSSR count). The highest BCUT2D eigenvalue weighted by molar-refractivity contribution is 7.80. The SMILES string of the molecule is COc1cc(/C=N\NC(=S)Nc2cccc(C)c2)ccc1OC(=O)c1ccccc1Cl. The number of esters is 1. The molecule has 0 radical (unpaired) electrons. The molecule has 0 unspecified atom stereocenters. The Morgan fingerprint density at radius 1 is 1.06 bits per heavy atom. The second kappa shape index (κ2) is 10.6. The third-order valence-corrected chi connectivity index (χ3v) is 4.66. The van der Waals surface area contributed by atoms with E-state index in [2.05, 4.69) is 15.8 Å². The summed E-state index contributed by atoms with van der Waals surface area (Å²) in [5, 5.41) is 7.86. The van der Waals surface area contributed by atoms with Gasteiger partial charge in [-0.2, -0.15) is 5.10 Å². The number of hydrazone groups is 1. The maximum absolute atomic E-state index is 12.4. The quantitative estimate of drug-likeness (QED) is 0.176. The second-order valence-corrected chi connectivity index (χ2v) is 7.29. The van der Waals surface area contributed by atoms with E-state index in [1.165, 1.54) is 7.11 Å². The van der Waals surface area contributed by atoms with Crippen LogP contribution in [0.4, 0.5) is 5.69 Å². The van der Waals surface area contributed by atoms with Crippen molar-refractivity contribution in [3.63, 3.8) is 0 Å². The second-order valence-electron chi connectivity index (χ2n) is 6.47. The minimum Gasteiger partial charge on any atom is -0.493 e. The Hall–Kier alpha value is -3.42. The monoisotopic (exact) mass is 453 g/mol. The minimum absolute atomic E-state index is 0.272. The highest BCUT2D eigenvalue weighted by Gasteiger charge is 2.15. The minimum atomic E-state index is -0.570. The average molecular weight is 454 g/mol. The first kappa shape index (κ1) is 22.3. The summed E-state index contributed by atoms with van der Waals surface area (Å²) < 4.78 is 10.8. The summed E-state index contributed by atoms with van der Waals surface area (Å²) in [5.41, 5.74) is 5.75. The number of carbonyl (C=O) groups excluding carboxylic acids is 1. The van der Waals surface area contributed by atoms with Crippen LogP contribution in [0.1, 0.15) is 21.5 Å². The summed E-state index contributed by atoms with van der Waals surface area (Å²) >= 11 is 11.3. The molecule has 0 saturated carbocycles. The van der Waals surface area contributed by atoms with E-state index in [4.69, 9.17) is 33.3 Å². The van der Waals surface area contributed by atoms with Gasteiger partial charge in [0, 0.05) is 5.69 Å². The largest absolute Gasteiger partial charge is 0.493 e. The highest BCUT2D eigenvalue weighted by Crippen LogP contribution is 2.29. The maximum Gasteiger partial charge on any atom is 0.345 e. The topological polar surface area (TPSA) is 71.9 Å². The zero-order valence-electron chi connectivity index (χ0n) is 16.9. The number of anilines is 1. The van der Waals surface area contributed by atoms with E-state index in [1.54, 1.807) is 48.7 Å². The van der Waals surface area contributed by atoms with E-state index in [9.17, 15) is 4.79 Å². The van der Waals surface area contributed by atoms with Crippen LogP contribution in [0.2, 0.25) is 5.02 Å². The first-order valence-electron chi connectivity index (χ1n) is 9.28. The lowest BCUT2D eigenvalue weighted by Crippen LogP contribution is -2.23.